The highest BCUT2D eigenvalue weighted by Gasteiger charge is 2.03. The number of nitrogens with two attached hydrogens (primary N) is 1. The molecular formula is C18H39N. The summed E-state index contributed by atoms with van der Waals surface area (Å²) in [6.45, 7) is 6.81. The van der Waals surface area contributed by atoms with Crippen LogP contribution in [0.25, 0.3) is 0 Å². The minimum atomic E-state index is 0.389. The van der Waals surface area contributed by atoms with Gasteiger partial charge in [-0.2, -0.15) is 0 Å². The minimum Gasteiger partial charge on any atom is -0.328 e. The lowest BCUT2D eigenvalue weighted by molar-refractivity contribution is 0.428. The normalized spacial score (nSPS) is 14.5. The maximum Gasteiger partial charge on any atom is 0.00104 e. The first-order chi connectivity index (χ1) is 9.16. The molecule has 0 saturated heterocycles. The van der Waals surface area contributed by atoms with E-state index in [2.05, 4.69) is 20.8 Å². The van der Waals surface area contributed by atoms with Crippen LogP contribution in [-0.4, -0.2) is 6.04 Å². The van der Waals surface area contributed by atoms with Gasteiger partial charge in [-0.3, -0.25) is 0 Å². The average molecular weight is 270 g/mol. The van der Waals surface area contributed by atoms with Gasteiger partial charge >= 0.3 is 0 Å². The van der Waals surface area contributed by atoms with Gasteiger partial charge in [-0.15, -0.1) is 0 Å². The van der Waals surface area contributed by atoms with Gasteiger partial charge in [0.05, 0.1) is 0 Å². The number of unbranched alkanes of at least 4 members (excludes halogenated alkanes) is 8. The van der Waals surface area contributed by atoms with Crippen LogP contribution in [-0.2, 0) is 0 Å². The van der Waals surface area contributed by atoms with Crippen LogP contribution >= 0.6 is 0 Å². The summed E-state index contributed by atoms with van der Waals surface area (Å²) in [5.74, 6) is 0.906. The molecule has 0 aliphatic heterocycles. The van der Waals surface area contributed by atoms with Crippen LogP contribution in [0.4, 0.5) is 0 Å². The van der Waals surface area contributed by atoms with Crippen molar-refractivity contribution in [3.63, 3.8) is 0 Å². The molecule has 0 rings (SSSR count). The Kier molecular flexibility index (Phi) is 14.3. The second-order valence-corrected chi connectivity index (χ2v) is 6.63. The van der Waals surface area contributed by atoms with E-state index >= 15 is 0 Å². The molecule has 0 heterocycles. The summed E-state index contributed by atoms with van der Waals surface area (Å²) in [5, 5.41) is 0. The van der Waals surface area contributed by atoms with Crippen molar-refractivity contribution in [2.45, 2.75) is 110 Å². The van der Waals surface area contributed by atoms with E-state index in [1.165, 1.54) is 83.5 Å². The van der Waals surface area contributed by atoms with Gasteiger partial charge in [-0.25, -0.2) is 0 Å². The molecule has 0 saturated carbocycles. The van der Waals surface area contributed by atoms with E-state index in [4.69, 9.17) is 5.73 Å². The van der Waals surface area contributed by atoms with Crippen molar-refractivity contribution in [1.82, 2.24) is 0 Å². The third kappa shape index (κ3) is 15.9. The lowest BCUT2D eigenvalue weighted by Gasteiger charge is -2.12. The van der Waals surface area contributed by atoms with E-state index in [9.17, 15) is 0 Å². The predicted molar refractivity (Wildman–Crippen MR) is 88.5 cm³/mol. The fourth-order valence-corrected chi connectivity index (χ4v) is 2.74. The van der Waals surface area contributed by atoms with Gasteiger partial charge in [-0.1, -0.05) is 90.9 Å². The first-order valence-corrected chi connectivity index (χ1v) is 8.92. The number of hydrogen-bond acceptors (Lipinski definition) is 1. The zero-order valence-corrected chi connectivity index (χ0v) is 13.9. The second kappa shape index (κ2) is 14.4. The standard InChI is InChI=1S/C18H39N/c1-4-5-6-7-8-9-10-11-12-14-17(2)15-13-16-18(3)19/h17-18H,4-16,19H2,1-3H3. The molecule has 0 spiro atoms. The summed E-state index contributed by atoms with van der Waals surface area (Å²) in [6, 6.07) is 0.389. The Balaban J connectivity index is 3.12. The molecule has 2 unspecified atom stereocenters. The van der Waals surface area contributed by atoms with Crippen LogP contribution in [0.5, 0.6) is 0 Å². The Hall–Kier alpha value is -0.0400. The molecule has 19 heavy (non-hydrogen) atoms. The predicted octanol–water partition coefficient (Wildman–Crippen LogP) is 6.06. The van der Waals surface area contributed by atoms with Crippen LogP contribution in [0.2, 0.25) is 0 Å². The van der Waals surface area contributed by atoms with Gasteiger partial charge in [0.1, 0.15) is 0 Å². The van der Waals surface area contributed by atoms with Crippen LogP contribution in [0, 0.1) is 5.92 Å². The summed E-state index contributed by atoms with van der Waals surface area (Å²) >= 11 is 0. The zero-order chi connectivity index (χ0) is 14.3. The van der Waals surface area contributed by atoms with Crippen molar-refractivity contribution in [1.29, 1.82) is 0 Å². The molecule has 0 aromatic carbocycles. The molecule has 116 valence electrons. The zero-order valence-electron chi connectivity index (χ0n) is 13.9. The lowest BCUT2D eigenvalue weighted by atomic mass is 9.96. The molecule has 0 aliphatic carbocycles. The monoisotopic (exact) mass is 269 g/mol. The average Bonchev–Trinajstić information content (AvgIpc) is 2.36. The van der Waals surface area contributed by atoms with Crippen LogP contribution < -0.4 is 5.73 Å². The fourth-order valence-electron chi connectivity index (χ4n) is 2.74. The van der Waals surface area contributed by atoms with E-state index in [0.717, 1.165) is 5.92 Å². The van der Waals surface area contributed by atoms with Gasteiger partial charge in [0.25, 0.3) is 0 Å². The summed E-state index contributed by atoms with van der Waals surface area (Å²) in [7, 11) is 0. The van der Waals surface area contributed by atoms with E-state index < -0.39 is 0 Å². The summed E-state index contributed by atoms with van der Waals surface area (Å²) < 4.78 is 0. The van der Waals surface area contributed by atoms with Crippen molar-refractivity contribution in [3.05, 3.63) is 0 Å². The van der Waals surface area contributed by atoms with Crippen molar-refractivity contribution >= 4 is 0 Å². The highest BCUT2D eigenvalue weighted by molar-refractivity contribution is 4.58. The molecule has 0 fully saturated rings. The van der Waals surface area contributed by atoms with Gasteiger partial charge in [0.15, 0.2) is 0 Å². The van der Waals surface area contributed by atoms with Crippen LogP contribution in [0.1, 0.15) is 104 Å². The van der Waals surface area contributed by atoms with Crippen molar-refractivity contribution in [2.75, 3.05) is 0 Å². The Labute approximate surface area is 122 Å². The molecule has 0 radical (unpaired) electrons. The molecule has 1 nitrogen and oxygen atoms in total. The van der Waals surface area contributed by atoms with Gasteiger partial charge in [-0.05, 0) is 19.3 Å². The van der Waals surface area contributed by atoms with E-state index in [1.54, 1.807) is 0 Å². The number of hydrogen-bond donors (Lipinski definition) is 1. The highest BCUT2D eigenvalue weighted by Crippen LogP contribution is 2.17. The smallest absolute Gasteiger partial charge is 0.00104 e. The van der Waals surface area contributed by atoms with Gasteiger partial charge in [0, 0.05) is 6.04 Å². The first-order valence-electron chi connectivity index (χ1n) is 8.92. The van der Waals surface area contributed by atoms with Gasteiger partial charge in [0.2, 0.25) is 0 Å². The Morgan fingerprint density at radius 3 is 1.63 bits per heavy atom. The quantitative estimate of drug-likeness (QED) is 0.381. The van der Waals surface area contributed by atoms with Crippen LogP contribution in [0.15, 0.2) is 0 Å². The topological polar surface area (TPSA) is 26.0 Å². The van der Waals surface area contributed by atoms with Gasteiger partial charge < -0.3 is 5.73 Å². The maximum atomic E-state index is 5.78. The Morgan fingerprint density at radius 2 is 1.11 bits per heavy atom. The van der Waals surface area contributed by atoms with E-state index in [1.807, 2.05) is 0 Å². The molecule has 1 heteroatoms. The summed E-state index contributed by atoms with van der Waals surface area (Å²) in [4.78, 5) is 0. The SMILES string of the molecule is CCCCCCCCCCCC(C)CCCC(C)N. The first kappa shape index (κ1) is 19.0. The fraction of sp³-hybridized carbons (Fsp3) is 1.00. The molecule has 0 bridgehead atoms. The van der Waals surface area contributed by atoms with Crippen molar-refractivity contribution in [2.24, 2.45) is 11.7 Å². The minimum absolute atomic E-state index is 0.389. The molecule has 0 aliphatic rings. The van der Waals surface area contributed by atoms with Crippen molar-refractivity contribution < 1.29 is 0 Å². The Morgan fingerprint density at radius 1 is 0.632 bits per heavy atom. The van der Waals surface area contributed by atoms with Crippen molar-refractivity contribution in [3.8, 4) is 0 Å². The van der Waals surface area contributed by atoms with E-state index in [0.29, 0.717) is 6.04 Å². The number of rotatable bonds is 14. The molecule has 2 atom stereocenters. The maximum absolute atomic E-state index is 5.78. The Bertz CT molecular complexity index is 165. The largest absolute Gasteiger partial charge is 0.328 e. The lowest BCUT2D eigenvalue weighted by Crippen LogP contribution is -2.14. The molecule has 0 aromatic heterocycles. The molecular weight excluding hydrogens is 230 g/mol. The molecule has 0 aromatic rings. The third-order valence-corrected chi connectivity index (χ3v) is 4.16. The molecule has 0 amide bonds. The highest BCUT2D eigenvalue weighted by atomic mass is 14.6. The third-order valence-electron chi connectivity index (χ3n) is 4.16. The second-order valence-electron chi connectivity index (χ2n) is 6.63. The molecule has 2 N–H and O–H groups in total. The van der Waals surface area contributed by atoms with Crippen LogP contribution in [0.3, 0.4) is 0 Å². The summed E-state index contributed by atoms with van der Waals surface area (Å²) in [5.41, 5.74) is 5.78. The van der Waals surface area contributed by atoms with E-state index in [-0.39, 0.29) is 0 Å². The summed E-state index contributed by atoms with van der Waals surface area (Å²) in [6.07, 6.45) is 18.3.